The van der Waals surface area contributed by atoms with Gasteiger partial charge < -0.3 is 9.47 Å². The van der Waals surface area contributed by atoms with Gasteiger partial charge in [0.25, 0.3) is 0 Å². The lowest BCUT2D eigenvalue weighted by Gasteiger charge is -2.26. The van der Waals surface area contributed by atoms with Crippen LogP contribution >= 0.6 is 0 Å². The van der Waals surface area contributed by atoms with Crippen LogP contribution in [0, 0.1) is 0 Å². The number of hydrogen-bond acceptors (Lipinski definition) is 6. The molecule has 3 N–H and O–H groups in total. The largest absolute Gasteiger partial charge is 0.511 e. The van der Waals surface area contributed by atoms with Gasteiger partial charge in [0.1, 0.15) is 11.2 Å². The molecule has 0 radical (unpaired) electrons. The number of hydrogen-bond donors (Lipinski definition) is 3. The van der Waals surface area contributed by atoms with Crippen molar-refractivity contribution in [1.82, 2.24) is 15.4 Å². The molecule has 0 aromatic rings. The smallest absolute Gasteiger partial charge is 0.444 e. The second kappa shape index (κ2) is 7.64. The van der Waals surface area contributed by atoms with E-state index < -0.39 is 45.2 Å². The van der Waals surface area contributed by atoms with Crippen LogP contribution in [-0.4, -0.2) is 43.6 Å². The van der Waals surface area contributed by atoms with Gasteiger partial charge in [-0.15, -0.1) is 0 Å². The Morgan fingerprint density at radius 1 is 0.840 bits per heavy atom. The first-order valence-corrected chi connectivity index (χ1v) is 8.38. The first kappa shape index (κ1) is 23.2. The maximum atomic E-state index is 12.5. The van der Waals surface area contributed by atoms with Gasteiger partial charge in [0.15, 0.2) is 6.29 Å². The SMILES string of the molecule is CC(C)(C)OC(=O)NC(NC(=O)OC(C)(C)C)NS(=O)(=O)C(F)(F)F. The maximum Gasteiger partial charge on any atom is 0.511 e. The van der Waals surface area contributed by atoms with E-state index in [0.717, 1.165) is 4.72 Å². The number of alkyl halides is 3. The molecule has 9 nitrogen and oxygen atoms in total. The van der Waals surface area contributed by atoms with E-state index in [1.807, 2.05) is 0 Å². The Balaban J connectivity index is 5.25. The standard InChI is InChI=1S/C12H22F3N3O6S/c1-10(2,3)23-8(19)16-7(17-9(20)24-11(4,5)6)18-25(21,22)12(13,14)15/h7,18H,1-6H3,(H,16,19)(H,17,20). The van der Waals surface area contributed by atoms with Crippen LogP contribution in [0.3, 0.4) is 0 Å². The molecule has 0 aliphatic rings. The quantitative estimate of drug-likeness (QED) is 0.626. The van der Waals surface area contributed by atoms with E-state index in [-0.39, 0.29) is 0 Å². The molecule has 25 heavy (non-hydrogen) atoms. The third kappa shape index (κ3) is 9.96. The van der Waals surface area contributed by atoms with Crippen molar-refractivity contribution in [3.05, 3.63) is 0 Å². The summed E-state index contributed by atoms with van der Waals surface area (Å²) in [5.74, 6) is 0. The van der Waals surface area contributed by atoms with Gasteiger partial charge in [-0.2, -0.15) is 17.9 Å². The number of sulfonamides is 1. The van der Waals surface area contributed by atoms with Crippen molar-refractivity contribution in [2.75, 3.05) is 0 Å². The average Bonchev–Trinajstić information content (AvgIpc) is 2.19. The number of rotatable bonds is 4. The number of alkyl carbamates (subject to hydrolysis) is 2. The summed E-state index contributed by atoms with van der Waals surface area (Å²) >= 11 is 0. The van der Waals surface area contributed by atoms with Crippen LogP contribution < -0.4 is 15.4 Å². The van der Waals surface area contributed by atoms with E-state index in [9.17, 15) is 31.2 Å². The molecule has 0 unspecified atom stereocenters. The molecule has 0 rings (SSSR count). The molecule has 0 aliphatic heterocycles. The molecule has 148 valence electrons. The molecular weight excluding hydrogens is 371 g/mol. The zero-order chi connectivity index (χ0) is 20.3. The summed E-state index contributed by atoms with van der Waals surface area (Å²) in [6, 6.07) is 0. The Morgan fingerprint density at radius 2 is 1.16 bits per heavy atom. The van der Waals surface area contributed by atoms with E-state index >= 15 is 0 Å². The first-order chi connectivity index (χ1) is 10.8. The zero-order valence-corrected chi connectivity index (χ0v) is 15.4. The van der Waals surface area contributed by atoms with Crippen LogP contribution in [0.25, 0.3) is 0 Å². The fourth-order valence-electron chi connectivity index (χ4n) is 1.17. The highest BCUT2D eigenvalue weighted by molar-refractivity contribution is 7.90. The summed E-state index contributed by atoms with van der Waals surface area (Å²) in [6.45, 7) is 8.85. The highest BCUT2D eigenvalue weighted by atomic mass is 32.2. The number of carbonyl (C=O) groups is 2. The van der Waals surface area contributed by atoms with E-state index in [2.05, 4.69) is 0 Å². The number of carbonyl (C=O) groups excluding carboxylic acids is 2. The summed E-state index contributed by atoms with van der Waals surface area (Å²) in [7, 11) is -5.87. The number of amides is 2. The summed E-state index contributed by atoms with van der Waals surface area (Å²) < 4.78 is 70.4. The molecule has 0 aromatic carbocycles. The highest BCUT2D eigenvalue weighted by Crippen LogP contribution is 2.21. The fraction of sp³-hybridized carbons (Fsp3) is 0.833. The van der Waals surface area contributed by atoms with Crippen molar-refractivity contribution in [2.45, 2.75) is 64.5 Å². The van der Waals surface area contributed by atoms with Gasteiger partial charge in [0.2, 0.25) is 0 Å². The van der Waals surface area contributed by atoms with Gasteiger partial charge >= 0.3 is 27.7 Å². The van der Waals surface area contributed by atoms with Crippen LogP contribution in [0.4, 0.5) is 22.8 Å². The normalized spacial score (nSPS) is 13.4. The molecule has 0 spiro atoms. The second-order valence-electron chi connectivity index (χ2n) is 6.79. The Hall–Kier alpha value is -1.76. The molecule has 0 fully saturated rings. The molecule has 0 saturated carbocycles. The molecule has 2 amide bonds. The lowest BCUT2D eigenvalue weighted by atomic mass is 10.2. The van der Waals surface area contributed by atoms with Crippen molar-refractivity contribution in [2.24, 2.45) is 0 Å². The number of halogens is 3. The third-order valence-corrected chi connectivity index (χ3v) is 3.06. The van der Waals surface area contributed by atoms with Crippen LogP contribution in [0.5, 0.6) is 0 Å². The lowest BCUT2D eigenvalue weighted by molar-refractivity contribution is -0.0455. The topological polar surface area (TPSA) is 123 Å². The van der Waals surface area contributed by atoms with Gasteiger partial charge in [0, 0.05) is 0 Å². The summed E-state index contributed by atoms with van der Waals surface area (Å²) in [4.78, 5) is 23.3. The van der Waals surface area contributed by atoms with Crippen molar-refractivity contribution < 1.29 is 40.7 Å². The van der Waals surface area contributed by atoms with Crippen LogP contribution in [0.15, 0.2) is 0 Å². The van der Waals surface area contributed by atoms with E-state index in [0.29, 0.717) is 0 Å². The predicted molar refractivity (Wildman–Crippen MR) is 80.6 cm³/mol. The summed E-state index contributed by atoms with van der Waals surface area (Å²) in [5, 5.41) is 3.51. The summed E-state index contributed by atoms with van der Waals surface area (Å²) in [5.41, 5.74) is -7.68. The van der Waals surface area contributed by atoms with E-state index in [4.69, 9.17) is 9.47 Å². The highest BCUT2D eigenvalue weighted by Gasteiger charge is 2.47. The first-order valence-electron chi connectivity index (χ1n) is 6.90. The molecule has 0 atom stereocenters. The van der Waals surface area contributed by atoms with Crippen molar-refractivity contribution >= 4 is 22.2 Å². The number of nitrogens with one attached hydrogen (secondary N) is 3. The fourth-order valence-corrected chi connectivity index (χ4v) is 1.73. The maximum absolute atomic E-state index is 12.5. The van der Waals surface area contributed by atoms with E-state index in [1.54, 1.807) is 10.6 Å². The zero-order valence-electron chi connectivity index (χ0n) is 14.6. The minimum absolute atomic E-state index is 1.01. The lowest BCUT2D eigenvalue weighted by Crippen LogP contribution is -2.60. The third-order valence-electron chi connectivity index (χ3n) is 1.90. The Morgan fingerprint density at radius 3 is 1.40 bits per heavy atom. The van der Waals surface area contributed by atoms with E-state index in [1.165, 1.54) is 41.5 Å². The Bertz CT molecular complexity index is 563. The average molecular weight is 393 g/mol. The monoisotopic (exact) mass is 393 g/mol. The van der Waals surface area contributed by atoms with Gasteiger partial charge in [-0.1, -0.05) is 0 Å². The van der Waals surface area contributed by atoms with Crippen molar-refractivity contribution in [3.8, 4) is 0 Å². The predicted octanol–water partition coefficient (Wildman–Crippen LogP) is 1.76. The second-order valence-corrected chi connectivity index (χ2v) is 8.50. The van der Waals surface area contributed by atoms with Crippen LogP contribution in [0.2, 0.25) is 0 Å². The van der Waals surface area contributed by atoms with Gasteiger partial charge in [-0.05, 0) is 41.5 Å². The van der Waals surface area contributed by atoms with Crippen LogP contribution in [-0.2, 0) is 19.5 Å². The van der Waals surface area contributed by atoms with Gasteiger partial charge in [-0.25, -0.2) is 18.0 Å². The molecule has 0 heterocycles. The Labute approximate surface area is 143 Å². The Kier molecular flexibility index (Phi) is 7.10. The van der Waals surface area contributed by atoms with Gasteiger partial charge in [0.05, 0.1) is 0 Å². The van der Waals surface area contributed by atoms with Crippen LogP contribution in [0.1, 0.15) is 41.5 Å². The molecule has 13 heteroatoms. The summed E-state index contributed by atoms with van der Waals surface area (Å²) in [6.07, 6.45) is -4.69. The minimum Gasteiger partial charge on any atom is -0.444 e. The molecular formula is C12H22F3N3O6S. The molecule has 0 aliphatic carbocycles. The van der Waals surface area contributed by atoms with Gasteiger partial charge in [-0.3, -0.25) is 10.6 Å². The molecule has 0 saturated heterocycles. The van der Waals surface area contributed by atoms with Crippen molar-refractivity contribution in [3.63, 3.8) is 0 Å². The molecule has 0 bridgehead atoms. The van der Waals surface area contributed by atoms with Crippen molar-refractivity contribution in [1.29, 1.82) is 0 Å². The molecule has 0 aromatic heterocycles. The number of ether oxygens (including phenoxy) is 2. The minimum atomic E-state index is -5.87.